The van der Waals surface area contributed by atoms with E-state index >= 15 is 0 Å². The number of benzene rings is 1. The minimum atomic E-state index is -0.865. The van der Waals surface area contributed by atoms with Crippen LogP contribution in [0.15, 0.2) is 18.2 Å². The molecule has 0 saturated carbocycles. The van der Waals surface area contributed by atoms with Crippen LogP contribution in [0.1, 0.15) is 12.0 Å². The van der Waals surface area contributed by atoms with Crippen molar-refractivity contribution in [3.8, 4) is 11.5 Å². The fourth-order valence-corrected chi connectivity index (χ4v) is 2.99. The van der Waals surface area contributed by atoms with E-state index in [4.69, 9.17) is 25.1 Å². The molecule has 10 nitrogen and oxygen atoms in total. The number of carboxylic acids is 1. The number of methoxy groups -OCH3 is 1. The van der Waals surface area contributed by atoms with Crippen molar-refractivity contribution in [3.05, 3.63) is 23.8 Å². The van der Waals surface area contributed by atoms with Crippen molar-refractivity contribution >= 4 is 11.9 Å². The lowest BCUT2D eigenvalue weighted by atomic mass is 10.1. The fraction of sp³-hybridized carbons (Fsp3) is 0.600. The van der Waals surface area contributed by atoms with Crippen LogP contribution < -0.4 is 20.5 Å². The van der Waals surface area contributed by atoms with Gasteiger partial charge in [-0.15, -0.1) is 0 Å². The highest BCUT2D eigenvalue weighted by Gasteiger charge is 2.22. The van der Waals surface area contributed by atoms with E-state index in [1.807, 2.05) is 0 Å². The zero-order valence-electron chi connectivity index (χ0n) is 17.2. The number of nitrogens with zero attached hydrogens (tertiary/aromatic N) is 1. The zero-order valence-corrected chi connectivity index (χ0v) is 17.2. The maximum Gasteiger partial charge on any atom is 0.303 e. The lowest BCUT2D eigenvalue weighted by Gasteiger charge is -2.29. The highest BCUT2D eigenvalue weighted by atomic mass is 16.5. The van der Waals surface area contributed by atoms with Crippen LogP contribution in [-0.2, 0) is 20.7 Å². The highest BCUT2D eigenvalue weighted by molar-refractivity contribution is 5.82. The molecule has 1 aliphatic rings. The molecule has 0 bridgehead atoms. The Morgan fingerprint density at radius 3 is 2.67 bits per heavy atom. The van der Waals surface area contributed by atoms with Crippen molar-refractivity contribution < 1.29 is 34.0 Å². The number of nitrogens with one attached hydrogen (secondary N) is 1. The summed E-state index contributed by atoms with van der Waals surface area (Å²) in [6.45, 7) is 2.60. The number of ether oxygens (including phenoxy) is 3. The van der Waals surface area contributed by atoms with E-state index in [1.54, 1.807) is 23.1 Å². The van der Waals surface area contributed by atoms with Gasteiger partial charge in [-0.25, -0.2) is 0 Å². The molecule has 2 atom stereocenters. The van der Waals surface area contributed by atoms with Gasteiger partial charge in [-0.05, 0) is 24.1 Å². The second kappa shape index (κ2) is 12.3. The Hall–Kier alpha value is -2.40. The summed E-state index contributed by atoms with van der Waals surface area (Å²) in [6.07, 6.45) is -0.390. The first-order chi connectivity index (χ1) is 14.4. The molecular formula is C20H31N3O7. The number of rotatable bonds is 12. The van der Waals surface area contributed by atoms with E-state index in [0.717, 1.165) is 5.56 Å². The first-order valence-corrected chi connectivity index (χ1v) is 9.93. The van der Waals surface area contributed by atoms with Crippen LogP contribution in [0.25, 0.3) is 0 Å². The van der Waals surface area contributed by atoms with Gasteiger partial charge < -0.3 is 40.4 Å². The Bertz CT molecular complexity index is 695. The van der Waals surface area contributed by atoms with Gasteiger partial charge in [0.25, 0.3) is 0 Å². The molecule has 0 spiro atoms. The number of aryl methyl sites for hydroxylation is 1. The topological polar surface area (TPSA) is 144 Å². The fourth-order valence-electron chi connectivity index (χ4n) is 2.99. The third-order valence-corrected chi connectivity index (χ3v) is 4.67. The number of carbonyl (C=O) groups is 2. The first-order valence-electron chi connectivity index (χ1n) is 9.93. The molecule has 2 unspecified atom stereocenters. The molecule has 1 aromatic rings. The number of carboxylic acid groups (broad SMARTS) is 1. The van der Waals surface area contributed by atoms with E-state index in [1.165, 1.54) is 7.11 Å². The summed E-state index contributed by atoms with van der Waals surface area (Å²) in [5.74, 6) is -0.0773. The molecular weight excluding hydrogens is 394 g/mol. The number of hydrogen-bond acceptors (Lipinski definition) is 8. The maximum absolute atomic E-state index is 12.2. The Kier molecular flexibility index (Phi) is 9.81. The van der Waals surface area contributed by atoms with Gasteiger partial charge in [0.1, 0.15) is 12.7 Å². The summed E-state index contributed by atoms with van der Waals surface area (Å²) in [4.78, 5) is 24.6. The third-order valence-electron chi connectivity index (χ3n) is 4.67. The highest BCUT2D eigenvalue weighted by Crippen LogP contribution is 2.28. The SMILES string of the molecule is COc1cc(CCC(=O)O)ccc1OCC(O)CNCC(N)C(=O)N1CCOCC1. The zero-order chi connectivity index (χ0) is 21.9. The molecule has 10 heteroatoms. The molecule has 1 amide bonds. The van der Waals surface area contributed by atoms with Gasteiger partial charge in [0.05, 0.1) is 26.4 Å². The van der Waals surface area contributed by atoms with Crippen LogP contribution in [0.2, 0.25) is 0 Å². The number of aliphatic carboxylic acids is 1. The largest absolute Gasteiger partial charge is 0.493 e. The number of aliphatic hydroxyl groups excluding tert-OH is 1. The standard InChI is InChI=1S/C20H31N3O7/c1-28-18-10-14(3-5-19(25)26)2-4-17(18)30-13-15(24)11-22-12-16(21)20(27)23-6-8-29-9-7-23/h2,4,10,15-16,22,24H,3,5-9,11-13,21H2,1H3,(H,25,26). The third kappa shape index (κ3) is 7.79. The minimum absolute atomic E-state index is 0.0183. The summed E-state index contributed by atoms with van der Waals surface area (Å²) >= 11 is 0. The van der Waals surface area contributed by atoms with E-state index in [0.29, 0.717) is 44.2 Å². The Morgan fingerprint density at radius 1 is 1.27 bits per heavy atom. The number of nitrogens with two attached hydrogens (primary N) is 1. The number of amides is 1. The molecule has 1 saturated heterocycles. The van der Waals surface area contributed by atoms with Crippen LogP contribution in [-0.4, -0.2) is 92.2 Å². The second-order valence-electron chi connectivity index (χ2n) is 7.05. The molecule has 1 aromatic carbocycles. The number of carbonyl (C=O) groups excluding carboxylic acids is 1. The number of hydrogen-bond donors (Lipinski definition) is 4. The molecule has 0 aromatic heterocycles. The van der Waals surface area contributed by atoms with Crippen LogP contribution in [0.3, 0.4) is 0 Å². The van der Waals surface area contributed by atoms with Gasteiger partial charge in [0.2, 0.25) is 5.91 Å². The maximum atomic E-state index is 12.2. The van der Waals surface area contributed by atoms with Crippen molar-refractivity contribution in [2.45, 2.75) is 25.0 Å². The van der Waals surface area contributed by atoms with E-state index in [9.17, 15) is 14.7 Å². The molecule has 5 N–H and O–H groups in total. The van der Waals surface area contributed by atoms with E-state index in [2.05, 4.69) is 5.32 Å². The molecule has 1 fully saturated rings. The molecule has 2 rings (SSSR count). The smallest absolute Gasteiger partial charge is 0.303 e. The average molecular weight is 425 g/mol. The van der Waals surface area contributed by atoms with Gasteiger partial charge in [-0.2, -0.15) is 0 Å². The van der Waals surface area contributed by atoms with Crippen molar-refractivity contribution in [1.29, 1.82) is 0 Å². The Morgan fingerprint density at radius 2 is 2.00 bits per heavy atom. The van der Waals surface area contributed by atoms with E-state index in [-0.39, 0.29) is 32.0 Å². The monoisotopic (exact) mass is 425 g/mol. The molecule has 0 radical (unpaired) electrons. The Labute approximate surface area is 175 Å². The summed E-state index contributed by atoms with van der Waals surface area (Å²) in [6, 6.07) is 4.49. The first kappa shape index (κ1) is 23.9. The molecule has 168 valence electrons. The number of aliphatic hydroxyl groups is 1. The predicted octanol–water partition coefficient (Wildman–Crippen LogP) is -0.772. The number of morpholine rings is 1. The quantitative estimate of drug-likeness (QED) is 0.339. The van der Waals surface area contributed by atoms with Crippen LogP contribution in [0, 0.1) is 0 Å². The van der Waals surface area contributed by atoms with Gasteiger partial charge in [-0.3, -0.25) is 9.59 Å². The minimum Gasteiger partial charge on any atom is -0.493 e. The van der Waals surface area contributed by atoms with Crippen LogP contribution >= 0.6 is 0 Å². The van der Waals surface area contributed by atoms with Crippen molar-refractivity contribution in [3.63, 3.8) is 0 Å². The lowest BCUT2D eigenvalue weighted by molar-refractivity contribution is -0.137. The Balaban J connectivity index is 1.72. The van der Waals surface area contributed by atoms with Crippen molar-refractivity contribution in [2.24, 2.45) is 5.73 Å². The second-order valence-corrected chi connectivity index (χ2v) is 7.05. The van der Waals surface area contributed by atoms with Crippen LogP contribution in [0.5, 0.6) is 11.5 Å². The van der Waals surface area contributed by atoms with E-state index < -0.39 is 18.1 Å². The lowest BCUT2D eigenvalue weighted by Crippen LogP contribution is -2.52. The van der Waals surface area contributed by atoms with Gasteiger partial charge in [0, 0.05) is 32.6 Å². The summed E-state index contributed by atoms with van der Waals surface area (Å²) in [5.41, 5.74) is 6.76. The summed E-state index contributed by atoms with van der Waals surface area (Å²) < 4.78 is 16.1. The van der Waals surface area contributed by atoms with Gasteiger partial charge in [-0.1, -0.05) is 6.07 Å². The van der Waals surface area contributed by atoms with Crippen molar-refractivity contribution in [1.82, 2.24) is 10.2 Å². The average Bonchev–Trinajstić information content (AvgIpc) is 2.76. The van der Waals surface area contributed by atoms with Gasteiger partial charge >= 0.3 is 5.97 Å². The van der Waals surface area contributed by atoms with Gasteiger partial charge in [0.15, 0.2) is 11.5 Å². The molecule has 1 heterocycles. The molecule has 0 aliphatic carbocycles. The van der Waals surface area contributed by atoms with Crippen molar-refractivity contribution in [2.75, 3.05) is 53.1 Å². The molecule has 30 heavy (non-hydrogen) atoms. The molecule has 1 aliphatic heterocycles. The summed E-state index contributed by atoms with van der Waals surface area (Å²) in [7, 11) is 1.49. The normalized spacial score (nSPS) is 16.0. The summed E-state index contributed by atoms with van der Waals surface area (Å²) in [5, 5.41) is 21.9. The predicted molar refractivity (Wildman–Crippen MR) is 109 cm³/mol. The van der Waals surface area contributed by atoms with Crippen LogP contribution in [0.4, 0.5) is 0 Å².